The summed E-state index contributed by atoms with van der Waals surface area (Å²) in [6.45, 7) is 2.01. The molecule has 0 N–H and O–H groups in total. The Labute approximate surface area is 97.6 Å². The van der Waals surface area contributed by atoms with Crippen LogP contribution in [0.5, 0.6) is 0 Å². The Morgan fingerprint density at radius 1 is 1.19 bits per heavy atom. The molecule has 2 aromatic heterocycles. The summed E-state index contributed by atoms with van der Waals surface area (Å²) in [7, 11) is 0. The summed E-state index contributed by atoms with van der Waals surface area (Å²) in [5.74, 6) is 0. The van der Waals surface area contributed by atoms with Crippen molar-refractivity contribution in [2.75, 3.05) is 0 Å². The summed E-state index contributed by atoms with van der Waals surface area (Å²) >= 11 is 1.66. The van der Waals surface area contributed by atoms with E-state index < -0.39 is 0 Å². The summed E-state index contributed by atoms with van der Waals surface area (Å²) in [6, 6.07) is 10.3. The van der Waals surface area contributed by atoms with Crippen LogP contribution >= 0.6 is 11.3 Å². The van der Waals surface area contributed by atoms with Gasteiger partial charge in [0, 0.05) is 28.2 Å². The zero-order chi connectivity index (χ0) is 11.0. The van der Waals surface area contributed by atoms with Crippen molar-refractivity contribution in [1.82, 2.24) is 9.97 Å². The summed E-state index contributed by atoms with van der Waals surface area (Å²) in [5.41, 5.74) is 3.18. The standard InChI is InChI=1S/C13H10N2S/c1-9-8-16-13(15-9)11-6-10-4-2-3-5-12(10)14-7-11/h2-8H,1H3. The number of hydrogen-bond acceptors (Lipinski definition) is 3. The van der Waals surface area contributed by atoms with Gasteiger partial charge in [0.2, 0.25) is 0 Å². The maximum Gasteiger partial charge on any atom is 0.125 e. The van der Waals surface area contributed by atoms with Gasteiger partial charge in [-0.2, -0.15) is 0 Å². The van der Waals surface area contributed by atoms with Gasteiger partial charge in [-0.25, -0.2) is 4.98 Å². The van der Waals surface area contributed by atoms with Crippen molar-refractivity contribution in [3.05, 3.63) is 47.6 Å². The molecule has 0 aliphatic heterocycles. The molecular weight excluding hydrogens is 216 g/mol. The number of rotatable bonds is 1. The van der Waals surface area contributed by atoms with Crippen molar-refractivity contribution in [3.8, 4) is 10.6 Å². The van der Waals surface area contributed by atoms with Crippen LogP contribution in [0.3, 0.4) is 0 Å². The first-order chi connectivity index (χ1) is 7.83. The highest BCUT2D eigenvalue weighted by Crippen LogP contribution is 2.25. The number of nitrogens with zero attached hydrogens (tertiary/aromatic N) is 2. The Morgan fingerprint density at radius 2 is 2.06 bits per heavy atom. The van der Waals surface area contributed by atoms with Crippen molar-refractivity contribution in [2.45, 2.75) is 6.92 Å². The summed E-state index contributed by atoms with van der Waals surface area (Å²) in [6.07, 6.45) is 1.89. The van der Waals surface area contributed by atoms with Crippen LogP contribution in [0.25, 0.3) is 21.5 Å². The molecule has 2 nitrogen and oxygen atoms in total. The van der Waals surface area contributed by atoms with Gasteiger partial charge in [-0.15, -0.1) is 11.3 Å². The number of fused-ring (bicyclic) bond motifs is 1. The van der Waals surface area contributed by atoms with Crippen LogP contribution in [0.4, 0.5) is 0 Å². The number of pyridine rings is 1. The Bertz CT molecular complexity index is 643. The predicted octanol–water partition coefficient (Wildman–Crippen LogP) is 3.67. The summed E-state index contributed by atoms with van der Waals surface area (Å²) in [4.78, 5) is 8.90. The van der Waals surface area contributed by atoms with E-state index in [1.165, 1.54) is 0 Å². The van der Waals surface area contributed by atoms with Gasteiger partial charge in [0.25, 0.3) is 0 Å². The van der Waals surface area contributed by atoms with Gasteiger partial charge >= 0.3 is 0 Å². The molecule has 2 heterocycles. The van der Waals surface area contributed by atoms with Gasteiger partial charge in [-0.1, -0.05) is 18.2 Å². The second-order valence-corrected chi connectivity index (χ2v) is 4.57. The highest BCUT2D eigenvalue weighted by atomic mass is 32.1. The third-order valence-corrected chi connectivity index (χ3v) is 3.47. The fourth-order valence-corrected chi connectivity index (χ4v) is 2.45. The molecule has 16 heavy (non-hydrogen) atoms. The number of hydrogen-bond donors (Lipinski definition) is 0. The highest BCUT2D eigenvalue weighted by molar-refractivity contribution is 7.13. The van der Waals surface area contributed by atoms with Crippen LogP contribution in [0.1, 0.15) is 5.69 Å². The number of aromatic nitrogens is 2. The minimum absolute atomic E-state index is 1.03. The molecule has 1 aromatic carbocycles. The Morgan fingerprint density at radius 3 is 2.88 bits per heavy atom. The normalized spacial score (nSPS) is 10.8. The SMILES string of the molecule is Cc1csc(-c2cnc3ccccc3c2)n1. The van der Waals surface area contributed by atoms with Crippen LogP contribution in [0.15, 0.2) is 41.9 Å². The molecule has 0 spiro atoms. The molecule has 0 saturated carbocycles. The summed E-state index contributed by atoms with van der Waals surface area (Å²) < 4.78 is 0. The Hall–Kier alpha value is -1.74. The third-order valence-electron chi connectivity index (χ3n) is 2.46. The number of benzene rings is 1. The molecule has 0 atom stereocenters. The smallest absolute Gasteiger partial charge is 0.125 e. The second-order valence-electron chi connectivity index (χ2n) is 3.71. The van der Waals surface area contributed by atoms with Gasteiger partial charge in [0.15, 0.2) is 0 Å². The fraction of sp³-hybridized carbons (Fsp3) is 0.0769. The molecule has 0 aliphatic carbocycles. The van der Waals surface area contributed by atoms with Crippen molar-refractivity contribution >= 4 is 22.2 Å². The van der Waals surface area contributed by atoms with E-state index >= 15 is 0 Å². The molecule has 0 bridgehead atoms. The first kappa shape index (κ1) is 9.48. The molecule has 0 fully saturated rings. The van der Waals surface area contributed by atoms with E-state index in [0.717, 1.165) is 27.2 Å². The van der Waals surface area contributed by atoms with E-state index in [2.05, 4.69) is 27.5 Å². The van der Waals surface area contributed by atoms with E-state index in [9.17, 15) is 0 Å². The first-order valence-electron chi connectivity index (χ1n) is 5.10. The molecule has 0 saturated heterocycles. The first-order valence-corrected chi connectivity index (χ1v) is 5.98. The lowest BCUT2D eigenvalue weighted by atomic mass is 10.2. The maximum absolute atomic E-state index is 4.47. The van der Waals surface area contributed by atoms with Crippen LogP contribution in [-0.4, -0.2) is 9.97 Å². The minimum atomic E-state index is 1.03. The highest BCUT2D eigenvalue weighted by Gasteiger charge is 2.03. The topological polar surface area (TPSA) is 25.8 Å². The van der Waals surface area contributed by atoms with Gasteiger partial charge in [0.05, 0.1) is 5.52 Å². The van der Waals surface area contributed by atoms with Crippen molar-refractivity contribution in [2.24, 2.45) is 0 Å². The molecule has 3 heteroatoms. The fourth-order valence-electron chi connectivity index (χ4n) is 1.67. The van der Waals surface area contributed by atoms with E-state index in [0.29, 0.717) is 0 Å². The van der Waals surface area contributed by atoms with Gasteiger partial charge in [-0.3, -0.25) is 4.98 Å². The molecule has 0 unspecified atom stereocenters. The average Bonchev–Trinajstić information content (AvgIpc) is 2.75. The largest absolute Gasteiger partial charge is 0.256 e. The third kappa shape index (κ3) is 1.59. The molecular formula is C13H10N2S. The molecule has 0 amide bonds. The maximum atomic E-state index is 4.47. The molecule has 78 valence electrons. The zero-order valence-corrected chi connectivity index (χ0v) is 9.66. The number of para-hydroxylation sites is 1. The van der Waals surface area contributed by atoms with Crippen molar-refractivity contribution in [1.29, 1.82) is 0 Å². The van der Waals surface area contributed by atoms with E-state index in [4.69, 9.17) is 0 Å². The van der Waals surface area contributed by atoms with Crippen molar-refractivity contribution < 1.29 is 0 Å². The lowest BCUT2D eigenvalue weighted by Gasteiger charge is -1.99. The monoisotopic (exact) mass is 226 g/mol. The van der Waals surface area contributed by atoms with Gasteiger partial charge < -0.3 is 0 Å². The van der Waals surface area contributed by atoms with Crippen LogP contribution < -0.4 is 0 Å². The minimum Gasteiger partial charge on any atom is -0.256 e. The number of thiazole rings is 1. The van der Waals surface area contributed by atoms with Crippen molar-refractivity contribution in [3.63, 3.8) is 0 Å². The second kappa shape index (κ2) is 3.68. The van der Waals surface area contributed by atoms with Crippen LogP contribution in [0.2, 0.25) is 0 Å². The quantitative estimate of drug-likeness (QED) is 0.632. The summed E-state index contributed by atoms with van der Waals surface area (Å²) in [5, 5.41) is 4.26. The van der Waals surface area contributed by atoms with E-state index in [-0.39, 0.29) is 0 Å². The van der Waals surface area contributed by atoms with Crippen LogP contribution in [0, 0.1) is 6.92 Å². The molecule has 3 aromatic rings. The van der Waals surface area contributed by atoms with E-state index in [1.807, 2.05) is 31.3 Å². The lowest BCUT2D eigenvalue weighted by molar-refractivity contribution is 1.26. The Kier molecular flexibility index (Phi) is 2.18. The lowest BCUT2D eigenvalue weighted by Crippen LogP contribution is -1.82. The molecule has 3 rings (SSSR count). The van der Waals surface area contributed by atoms with Crippen LogP contribution in [-0.2, 0) is 0 Å². The van der Waals surface area contributed by atoms with E-state index in [1.54, 1.807) is 11.3 Å². The molecule has 0 radical (unpaired) electrons. The van der Waals surface area contributed by atoms with Gasteiger partial charge in [0.1, 0.15) is 5.01 Å². The van der Waals surface area contributed by atoms with Gasteiger partial charge in [-0.05, 0) is 19.1 Å². The predicted molar refractivity (Wildman–Crippen MR) is 67.6 cm³/mol. The average molecular weight is 226 g/mol. The zero-order valence-electron chi connectivity index (χ0n) is 8.84. The Balaban J connectivity index is 2.18. The molecule has 0 aliphatic rings. The number of aryl methyl sites for hydroxylation is 1.